The molecule has 1 aliphatic heterocycles. The summed E-state index contributed by atoms with van der Waals surface area (Å²) < 4.78 is 16.8. The molecule has 0 radical (unpaired) electrons. The third kappa shape index (κ3) is 3.13. The van der Waals surface area contributed by atoms with E-state index >= 15 is 0 Å². The Bertz CT molecular complexity index is 1260. The fourth-order valence-electron chi connectivity index (χ4n) is 3.32. The van der Waals surface area contributed by atoms with Crippen LogP contribution >= 0.6 is 0 Å². The number of aromatic nitrogens is 4. The van der Waals surface area contributed by atoms with Crippen LogP contribution in [0, 0.1) is 0 Å². The van der Waals surface area contributed by atoms with Crippen molar-refractivity contribution in [2.45, 2.75) is 12.5 Å². The molecule has 0 spiro atoms. The molecular weight excluding hydrogens is 390 g/mol. The summed E-state index contributed by atoms with van der Waals surface area (Å²) in [6.45, 7) is 0.00754. The molecule has 150 valence electrons. The first-order chi connectivity index (χ1) is 14.7. The highest BCUT2D eigenvalue weighted by molar-refractivity contribution is 5.93. The van der Waals surface area contributed by atoms with Gasteiger partial charge in [0.15, 0.2) is 11.5 Å². The lowest BCUT2D eigenvalue weighted by atomic mass is 10.1. The number of carbonyl (C=O) groups excluding carboxylic acids is 1. The van der Waals surface area contributed by atoms with Crippen molar-refractivity contribution in [1.29, 1.82) is 0 Å². The second-order valence-electron chi connectivity index (χ2n) is 6.66. The molecule has 4 heterocycles. The van der Waals surface area contributed by atoms with E-state index in [9.17, 15) is 9.59 Å². The summed E-state index contributed by atoms with van der Waals surface area (Å²) in [5, 5.41) is 10.5. The average Bonchev–Trinajstić information content (AvgIpc) is 3.34. The van der Waals surface area contributed by atoms with Crippen LogP contribution in [0.5, 0.6) is 5.88 Å². The van der Waals surface area contributed by atoms with Gasteiger partial charge in [-0.05, 0) is 17.7 Å². The molecule has 1 aromatic carbocycles. The van der Waals surface area contributed by atoms with Gasteiger partial charge in [0.25, 0.3) is 5.91 Å². The molecule has 0 fully saturated rings. The van der Waals surface area contributed by atoms with E-state index in [1.807, 2.05) is 30.3 Å². The lowest BCUT2D eigenvalue weighted by Gasteiger charge is -2.14. The zero-order valence-electron chi connectivity index (χ0n) is 15.5. The minimum atomic E-state index is -0.764. The van der Waals surface area contributed by atoms with E-state index in [4.69, 9.17) is 13.8 Å². The number of pyridine rings is 1. The maximum absolute atomic E-state index is 12.9. The Hall–Kier alpha value is -4.21. The molecule has 0 unspecified atom stereocenters. The summed E-state index contributed by atoms with van der Waals surface area (Å²) in [6, 6.07) is 12.2. The second-order valence-corrected chi connectivity index (χ2v) is 6.66. The van der Waals surface area contributed by atoms with E-state index in [0.717, 1.165) is 5.56 Å². The van der Waals surface area contributed by atoms with E-state index < -0.39 is 17.7 Å². The van der Waals surface area contributed by atoms with Crippen LogP contribution in [0.25, 0.3) is 5.69 Å². The Labute approximate surface area is 169 Å². The van der Waals surface area contributed by atoms with Crippen molar-refractivity contribution < 1.29 is 18.6 Å². The van der Waals surface area contributed by atoms with Crippen molar-refractivity contribution in [1.82, 2.24) is 25.2 Å². The fourth-order valence-corrected chi connectivity index (χ4v) is 3.32. The number of amides is 1. The van der Waals surface area contributed by atoms with Crippen LogP contribution in [0.2, 0.25) is 0 Å². The number of benzene rings is 1. The van der Waals surface area contributed by atoms with Crippen LogP contribution in [0.4, 0.5) is 0 Å². The molecule has 5 rings (SSSR count). The second kappa shape index (κ2) is 7.32. The lowest BCUT2D eigenvalue weighted by Crippen LogP contribution is -2.34. The summed E-state index contributed by atoms with van der Waals surface area (Å²) in [5.74, 6) is -0.736. The van der Waals surface area contributed by atoms with Crippen molar-refractivity contribution in [3.8, 4) is 11.6 Å². The summed E-state index contributed by atoms with van der Waals surface area (Å²) in [5.41, 5.74) is 2.19. The standard InChI is InChI=1S/C20H15N5O5/c26-18(16-13(10-29-23-16)9-12-5-2-1-3-6-12)22-14-11-28-19-15(7-4-8-21-19)25-17(14)24-30-20(25)27/h1-8,10,14H,9,11H2,(H,22,26)/t14-/m0/s1. The van der Waals surface area contributed by atoms with Gasteiger partial charge in [0, 0.05) is 18.2 Å². The van der Waals surface area contributed by atoms with Gasteiger partial charge in [-0.15, -0.1) is 0 Å². The van der Waals surface area contributed by atoms with Gasteiger partial charge in [-0.1, -0.05) is 40.6 Å². The van der Waals surface area contributed by atoms with Crippen LogP contribution < -0.4 is 15.8 Å². The monoisotopic (exact) mass is 405 g/mol. The van der Waals surface area contributed by atoms with E-state index in [1.54, 1.807) is 18.3 Å². The molecule has 1 N–H and O–H groups in total. The minimum Gasteiger partial charge on any atom is -0.473 e. The van der Waals surface area contributed by atoms with Crippen LogP contribution in [0.1, 0.15) is 33.5 Å². The lowest BCUT2D eigenvalue weighted by molar-refractivity contribution is 0.0908. The maximum atomic E-state index is 12.9. The molecule has 10 heteroatoms. The summed E-state index contributed by atoms with van der Waals surface area (Å²) in [6.07, 6.45) is 3.47. The van der Waals surface area contributed by atoms with Gasteiger partial charge in [0.05, 0.1) is 0 Å². The predicted octanol–water partition coefficient (Wildman–Crippen LogP) is 1.66. The first kappa shape index (κ1) is 17.9. The number of fused-ring (bicyclic) bond motifs is 3. The Morgan fingerprint density at radius 3 is 2.90 bits per heavy atom. The van der Waals surface area contributed by atoms with Crippen LogP contribution in [0.15, 0.2) is 68.8 Å². The first-order valence-electron chi connectivity index (χ1n) is 9.15. The molecule has 1 atom stereocenters. The fraction of sp³-hybridized carbons (Fsp3) is 0.150. The molecule has 1 aliphatic rings. The van der Waals surface area contributed by atoms with E-state index in [0.29, 0.717) is 17.7 Å². The molecule has 0 bridgehead atoms. The minimum absolute atomic E-state index is 0.00754. The molecular formula is C20H15N5O5. The smallest absolute Gasteiger partial charge is 0.446 e. The summed E-state index contributed by atoms with van der Waals surface area (Å²) in [7, 11) is 0. The first-order valence-corrected chi connectivity index (χ1v) is 9.15. The van der Waals surface area contributed by atoms with Crippen LogP contribution in [0.3, 0.4) is 0 Å². The summed E-state index contributed by atoms with van der Waals surface area (Å²) in [4.78, 5) is 29.3. The predicted molar refractivity (Wildman–Crippen MR) is 101 cm³/mol. The van der Waals surface area contributed by atoms with Gasteiger partial charge in [-0.2, -0.15) is 0 Å². The molecule has 3 aromatic heterocycles. The zero-order chi connectivity index (χ0) is 20.5. The highest BCUT2D eigenvalue weighted by Gasteiger charge is 2.31. The van der Waals surface area contributed by atoms with Crippen molar-refractivity contribution in [2.75, 3.05) is 6.61 Å². The number of rotatable bonds is 4. The van der Waals surface area contributed by atoms with Gasteiger partial charge in [0.2, 0.25) is 5.88 Å². The number of hydrogen-bond donors (Lipinski definition) is 1. The Morgan fingerprint density at radius 2 is 2.03 bits per heavy atom. The van der Waals surface area contributed by atoms with E-state index in [2.05, 4.69) is 20.6 Å². The number of nitrogens with zero attached hydrogens (tertiary/aromatic N) is 4. The van der Waals surface area contributed by atoms with Crippen molar-refractivity contribution in [3.05, 3.63) is 88.1 Å². The highest BCUT2D eigenvalue weighted by atomic mass is 16.5. The van der Waals surface area contributed by atoms with Gasteiger partial charge < -0.3 is 14.6 Å². The quantitative estimate of drug-likeness (QED) is 0.543. The van der Waals surface area contributed by atoms with Crippen LogP contribution in [-0.2, 0) is 6.42 Å². The van der Waals surface area contributed by atoms with Gasteiger partial charge in [-0.25, -0.2) is 14.3 Å². The normalized spacial score (nSPS) is 14.9. The van der Waals surface area contributed by atoms with Crippen molar-refractivity contribution in [3.63, 3.8) is 0 Å². The SMILES string of the molecule is O=C(N[C@H]1COc2ncccc2-n2c1noc2=O)c1nocc1Cc1ccccc1. The average molecular weight is 405 g/mol. The third-order valence-corrected chi connectivity index (χ3v) is 4.72. The largest absolute Gasteiger partial charge is 0.473 e. The number of nitrogens with one attached hydrogen (secondary N) is 1. The topological polar surface area (TPSA) is 125 Å². The number of ether oxygens (including phenoxy) is 1. The molecule has 4 aromatic rings. The molecule has 0 saturated carbocycles. The van der Waals surface area contributed by atoms with Gasteiger partial charge >= 0.3 is 5.76 Å². The van der Waals surface area contributed by atoms with Crippen molar-refractivity contribution in [2.24, 2.45) is 0 Å². The molecule has 1 amide bonds. The Kier molecular flexibility index (Phi) is 4.36. The molecule has 0 saturated heterocycles. The van der Waals surface area contributed by atoms with E-state index in [1.165, 1.54) is 10.8 Å². The Morgan fingerprint density at radius 1 is 1.17 bits per heavy atom. The molecule has 0 aliphatic carbocycles. The Balaban J connectivity index is 1.43. The van der Waals surface area contributed by atoms with Gasteiger partial charge in [0.1, 0.15) is 24.6 Å². The number of hydrogen-bond acceptors (Lipinski definition) is 8. The number of carbonyl (C=O) groups is 1. The van der Waals surface area contributed by atoms with E-state index in [-0.39, 0.29) is 24.0 Å². The summed E-state index contributed by atoms with van der Waals surface area (Å²) >= 11 is 0. The highest BCUT2D eigenvalue weighted by Crippen LogP contribution is 2.27. The maximum Gasteiger partial charge on any atom is 0.446 e. The third-order valence-electron chi connectivity index (χ3n) is 4.72. The van der Waals surface area contributed by atoms with Gasteiger partial charge in [-0.3, -0.25) is 9.32 Å². The molecule has 10 nitrogen and oxygen atoms in total. The van der Waals surface area contributed by atoms with Crippen molar-refractivity contribution >= 4 is 5.91 Å². The molecule has 30 heavy (non-hydrogen) atoms. The van der Waals surface area contributed by atoms with Crippen LogP contribution in [-0.4, -0.2) is 32.4 Å². The zero-order valence-corrected chi connectivity index (χ0v) is 15.5.